The summed E-state index contributed by atoms with van der Waals surface area (Å²) in [7, 11) is 1.53. The van der Waals surface area contributed by atoms with Gasteiger partial charge in [-0.1, -0.05) is 0 Å². The van der Waals surface area contributed by atoms with Gasteiger partial charge < -0.3 is 19.8 Å². The molecule has 1 aromatic rings. The van der Waals surface area contributed by atoms with Crippen molar-refractivity contribution in [2.45, 2.75) is 6.10 Å². The third-order valence-electron chi connectivity index (χ3n) is 2.69. The van der Waals surface area contributed by atoms with Crippen molar-refractivity contribution in [1.82, 2.24) is 15.5 Å². The summed E-state index contributed by atoms with van der Waals surface area (Å²) in [6.07, 6.45) is 1.17. The zero-order valence-corrected chi connectivity index (χ0v) is 10.0. The molecular formula is C11H15N3O4. The second kappa shape index (κ2) is 5.54. The lowest BCUT2D eigenvalue weighted by Crippen LogP contribution is -2.43. The summed E-state index contributed by atoms with van der Waals surface area (Å²) >= 11 is 0. The van der Waals surface area contributed by atoms with Crippen LogP contribution in [0.4, 0.5) is 9.59 Å². The quantitative estimate of drug-likeness (QED) is 0.827. The molecule has 0 unspecified atom stereocenters. The number of furan rings is 1. The lowest BCUT2D eigenvalue weighted by molar-refractivity contribution is 0.0839. The van der Waals surface area contributed by atoms with Crippen molar-refractivity contribution in [2.75, 3.05) is 26.7 Å². The predicted octanol–water partition coefficient (Wildman–Crippen LogP) is 0.702. The summed E-state index contributed by atoms with van der Waals surface area (Å²) in [5, 5.41) is 5.19. The van der Waals surface area contributed by atoms with Crippen LogP contribution in [0.2, 0.25) is 0 Å². The topological polar surface area (TPSA) is 83.8 Å². The minimum Gasteiger partial charge on any atom is -0.467 e. The average Bonchev–Trinajstić information content (AvgIpc) is 3.01. The summed E-state index contributed by atoms with van der Waals surface area (Å²) in [5.74, 6) is 0.628. The number of nitrogens with zero attached hydrogens (tertiary/aromatic N) is 1. The molecule has 1 aromatic heterocycles. The summed E-state index contributed by atoms with van der Waals surface area (Å²) in [6.45, 7) is 1.10. The molecule has 1 atom stereocenters. The fourth-order valence-electron chi connectivity index (χ4n) is 1.72. The number of rotatable bonds is 4. The third kappa shape index (κ3) is 2.62. The van der Waals surface area contributed by atoms with Gasteiger partial charge in [-0.3, -0.25) is 0 Å². The van der Waals surface area contributed by atoms with Gasteiger partial charge in [0.1, 0.15) is 11.9 Å². The smallest absolute Gasteiger partial charge is 0.325 e. The Balaban J connectivity index is 1.86. The third-order valence-corrected chi connectivity index (χ3v) is 2.69. The van der Waals surface area contributed by atoms with Crippen LogP contribution in [0, 0.1) is 0 Å². The molecule has 7 heteroatoms. The van der Waals surface area contributed by atoms with Crippen molar-refractivity contribution in [3.05, 3.63) is 24.2 Å². The van der Waals surface area contributed by atoms with Gasteiger partial charge in [0, 0.05) is 20.2 Å². The maximum absolute atomic E-state index is 11.7. The SMILES string of the molecule is CO[C@H](CNC(=O)N1CCNC1=O)c1ccco1. The van der Waals surface area contributed by atoms with E-state index < -0.39 is 6.03 Å². The van der Waals surface area contributed by atoms with E-state index in [9.17, 15) is 9.59 Å². The first-order valence-corrected chi connectivity index (χ1v) is 5.61. The number of carbonyl (C=O) groups is 2. The Morgan fingerprint density at radius 1 is 1.72 bits per heavy atom. The van der Waals surface area contributed by atoms with Crippen LogP contribution in [0.25, 0.3) is 0 Å². The molecule has 1 saturated heterocycles. The highest BCUT2D eigenvalue weighted by Gasteiger charge is 2.26. The van der Waals surface area contributed by atoms with Crippen LogP contribution in [0.3, 0.4) is 0 Å². The van der Waals surface area contributed by atoms with Gasteiger partial charge in [0.2, 0.25) is 0 Å². The molecule has 98 valence electrons. The van der Waals surface area contributed by atoms with E-state index in [1.165, 1.54) is 13.4 Å². The normalized spacial score (nSPS) is 16.5. The number of amides is 4. The molecule has 0 aromatic carbocycles. The molecule has 1 aliphatic rings. The fourth-order valence-corrected chi connectivity index (χ4v) is 1.72. The molecule has 18 heavy (non-hydrogen) atoms. The molecule has 2 heterocycles. The van der Waals surface area contributed by atoms with Gasteiger partial charge in [0.15, 0.2) is 0 Å². The molecule has 2 rings (SSSR count). The zero-order chi connectivity index (χ0) is 13.0. The van der Waals surface area contributed by atoms with E-state index >= 15 is 0 Å². The Hall–Kier alpha value is -2.02. The molecule has 1 fully saturated rings. The van der Waals surface area contributed by atoms with Gasteiger partial charge in [-0.15, -0.1) is 0 Å². The average molecular weight is 253 g/mol. The van der Waals surface area contributed by atoms with Crippen LogP contribution < -0.4 is 10.6 Å². The van der Waals surface area contributed by atoms with Crippen LogP contribution in [-0.4, -0.2) is 43.7 Å². The number of urea groups is 2. The van der Waals surface area contributed by atoms with E-state index in [4.69, 9.17) is 9.15 Å². The Bertz CT molecular complexity index is 418. The highest BCUT2D eigenvalue weighted by molar-refractivity contribution is 5.94. The molecule has 0 spiro atoms. The van der Waals surface area contributed by atoms with Crippen molar-refractivity contribution < 1.29 is 18.7 Å². The predicted molar refractivity (Wildman–Crippen MR) is 62.0 cm³/mol. The van der Waals surface area contributed by atoms with Gasteiger partial charge in [-0.25, -0.2) is 14.5 Å². The molecule has 0 saturated carbocycles. The number of hydrogen-bond donors (Lipinski definition) is 2. The van der Waals surface area contributed by atoms with Gasteiger partial charge in [-0.05, 0) is 12.1 Å². The Kier molecular flexibility index (Phi) is 3.83. The highest BCUT2D eigenvalue weighted by atomic mass is 16.5. The number of ether oxygens (including phenoxy) is 1. The van der Waals surface area contributed by atoms with Crippen molar-refractivity contribution in [2.24, 2.45) is 0 Å². The first kappa shape index (κ1) is 12.4. The van der Waals surface area contributed by atoms with Crippen LogP contribution in [0.1, 0.15) is 11.9 Å². The summed E-state index contributed by atoms with van der Waals surface area (Å²) in [5.41, 5.74) is 0. The maximum atomic E-state index is 11.7. The fraction of sp³-hybridized carbons (Fsp3) is 0.455. The standard InChI is InChI=1S/C11H15N3O4/c1-17-9(8-3-2-6-18-8)7-13-11(16)14-5-4-12-10(14)15/h2-3,6,9H,4-5,7H2,1H3,(H,12,15)(H,13,16)/t9-/m1/s1. The van der Waals surface area contributed by atoms with Crippen LogP contribution in [-0.2, 0) is 4.74 Å². The van der Waals surface area contributed by atoms with Crippen LogP contribution in [0.5, 0.6) is 0 Å². The van der Waals surface area contributed by atoms with Gasteiger partial charge in [-0.2, -0.15) is 0 Å². The monoisotopic (exact) mass is 253 g/mol. The molecular weight excluding hydrogens is 238 g/mol. The van der Waals surface area contributed by atoms with Gasteiger partial charge in [0.25, 0.3) is 0 Å². The van der Waals surface area contributed by atoms with Crippen molar-refractivity contribution in [3.8, 4) is 0 Å². The lowest BCUT2D eigenvalue weighted by Gasteiger charge is -2.17. The number of methoxy groups -OCH3 is 1. The molecule has 2 N–H and O–H groups in total. The van der Waals surface area contributed by atoms with E-state index in [0.29, 0.717) is 18.8 Å². The number of carbonyl (C=O) groups excluding carboxylic acids is 2. The second-order valence-corrected chi connectivity index (χ2v) is 3.81. The minimum atomic E-state index is -0.432. The molecule has 0 aliphatic carbocycles. The van der Waals surface area contributed by atoms with Crippen molar-refractivity contribution in [1.29, 1.82) is 0 Å². The highest BCUT2D eigenvalue weighted by Crippen LogP contribution is 2.15. The summed E-state index contributed by atoms with van der Waals surface area (Å²) in [6, 6.07) is 2.71. The number of imide groups is 1. The maximum Gasteiger partial charge on any atom is 0.325 e. The zero-order valence-electron chi connectivity index (χ0n) is 10.0. The van der Waals surface area contributed by atoms with E-state index in [1.54, 1.807) is 12.1 Å². The minimum absolute atomic E-state index is 0.243. The van der Waals surface area contributed by atoms with E-state index in [0.717, 1.165) is 4.90 Å². The first-order chi connectivity index (χ1) is 8.72. The lowest BCUT2D eigenvalue weighted by atomic mass is 10.3. The van der Waals surface area contributed by atoms with Gasteiger partial charge in [0.05, 0.1) is 12.8 Å². The summed E-state index contributed by atoms with van der Waals surface area (Å²) < 4.78 is 10.4. The van der Waals surface area contributed by atoms with Gasteiger partial charge >= 0.3 is 12.1 Å². The van der Waals surface area contributed by atoms with E-state index in [1.807, 2.05) is 0 Å². The number of nitrogens with one attached hydrogen (secondary N) is 2. The molecule has 0 bridgehead atoms. The van der Waals surface area contributed by atoms with Crippen LogP contribution >= 0.6 is 0 Å². The Morgan fingerprint density at radius 3 is 3.11 bits per heavy atom. The molecule has 4 amide bonds. The largest absolute Gasteiger partial charge is 0.467 e. The van der Waals surface area contributed by atoms with E-state index in [-0.39, 0.29) is 18.7 Å². The molecule has 7 nitrogen and oxygen atoms in total. The molecule has 1 aliphatic heterocycles. The Labute approximate surface area is 104 Å². The molecule has 0 radical (unpaired) electrons. The first-order valence-electron chi connectivity index (χ1n) is 5.61. The second-order valence-electron chi connectivity index (χ2n) is 3.81. The van der Waals surface area contributed by atoms with Crippen LogP contribution in [0.15, 0.2) is 22.8 Å². The number of hydrogen-bond acceptors (Lipinski definition) is 4. The van der Waals surface area contributed by atoms with Crippen molar-refractivity contribution >= 4 is 12.1 Å². The Morgan fingerprint density at radius 2 is 2.56 bits per heavy atom. The van der Waals surface area contributed by atoms with Crippen molar-refractivity contribution in [3.63, 3.8) is 0 Å². The van der Waals surface area contributed by atoms with E-state index in [2.05, 4.69) is 10.6 Å². The summed E-state index contributed by atoms with van der Waals surface area (Å²) in [4.78, 5) is 24.1.